The Labute approximate surface area is 186 Å². The van der Waals surface area contributed by atoms with Gasteiger partial charge in [-0.25, -0.2) is 14.3 Å². The lowest BCUT2D eigenvalue weighted by Crippen LogP contribution is -2.22. The molecule has 1 aliphatic rings. The van der Waals surface area contributed by atoms with E-state index in [0.29, 0.717) is 11.2 Å². The number of fused-ring (bicyclic) bond motifs is 1. The highest BCUT2D eigenvalue weighted by Crippen LogP contribution is 2.32. The molecular weight excluding hydrogens is 430 g/mol. The van der Waals surface area contributed by atoms with Crippen molar-refractivity contribution in [1.29, 1.82) is 0 Å². The van der Waals surface area contributed by atoms with E-state index in [2.05, 4.69) is 46.9 Å². The van der Waals surface area contributed by atoms with Gasteiger partial charge in [-0.1, -0.05) is 30.3 Å². The van der Waals surface area contributed by atoms with Crippen molar-refractivity contribution >= 4 is 46.8 Å². The molecule has 1 saturated heterocycles. The number of aryl methyl sites for hydroxylation is 1. The average Bonchev–Trinajstić information content (AvgIpc) is 3.46. The van der Waals surface area contributed by atoms with Gasteiger partial charge in [0.15, 0.2) is 5.65 Å². The van der Waals surface area contributed by atoms with Crippen LogP contribution in [0.1, 0.15) is 16.0 Å². The molecule has 0 spiro atoms. The molecule has 0 aliphatic carbocycles. The summed E-state index contributed by atoms with van der Waals surface area (Å²) >= 11 is 3.35. The van der Waals surface area contributed by atoms with Gasteiger partial charge in [0.1, 0.15) is 10.7 Å². The molecule has 154 valence electrons. The number of thioether (sulfide) groups is 1. The second-order valence-corrected chi connectivity index (χ2v) is 9.25. The van der Waals surface area contributed by atoms with Crippen molar-refractivity contribution in [2.45, 2.75) is 17.7 Å². The van der Waals surface area contributed by atoms with Crippen LogP contribution in [0.2, 0.25) is 0 Å². The summed E-state index contributed by atoms with van der Waals surface area (Å²) in [6, 6.07) is 15.9. The summed E-state index contributed by atoms with van der Waals surface area (Å²) in [5.41, 5.74) is 3.52. The number of benzene rings is 1. The molecule has 4 aromatic rings. The van der Waals surface area contributed by atoms with Crippen molar-refractivity contribution in [3.63, 3.8) is 0 Å². The monoisotopic (exact) mass is 447 g/mol. The molecule has 2 N–H and O–H groups in total. The Bertz CT molecular complexity index is 1340. The molecule has 0 radical (unpaired) electrons. The Morgan fingerprint density at radius 2 is 1.97 bits per heavy atom. The quantitative estimate of drug-likeness (QED) is 0.207. The number of aromatic nitrogens is 3. The summed E-state index contributed by atoms with van der Waals surface area (Å²) in [6.45, 7) is 2.06. The van der Waals surface area contributed by atoms with Crippen LogP contribution in [-0.2, 0) is 10.5 Å². The molecule has 31 heavy (non-hydrogen) atoms. The highest BCUT2D eigenvalue weighted by atomic mass is 32.2. The third-order valence-electron chi connectivity index (χ3n) is 4.71. The topological polar surface area (TPSA) is 88.4 Å². The Hall–Kier alpha value is -3.43. The van der Waals surface area contributed by atoms with Crippen LogP contribution in [0.5, 0.6) is 0 Å². The molecule has 7 nitrogen and oxygen atoms in total. The molecule has 4 heterocycles. The van der Waals surface area contributed by atoms with Gasteiger partial charge in [0.05, 0.1) is 16.8 Å². The van der Waals surface area contributed by atoms with Crippen LogP contribution in [0.25, 0.3) is 22.3 Å². The minimum atomic E-state index is -0.533. The summed E-state index contributed by atoms with van der Waals surface area (Å²) in [6.07, 6.45) is 3.26. The first-order valence-electron chi connectivity index (χ1n) is 9.53. The predicted octanol–water partition coefficient (Wildman–Crippen LogP) is 4.24. The van der Waals surface area contributed by atoms with Crippen LogP contribution in [0.4, 0.5) is 4.79 Å². The first-order valence-corrected chi connectivity index (χ1v) is 11.3. The first-order chi connectivity index (χ1) is 15.1. The SMILES string of the molecule is Cc1ccc(-c2cc(SCc3ccccc3)n3ncc(C=C4NC(=O)NC4=O)c3n2)s1. The summed E-state index contributed by atoms with van der Waals surface area (Å²) in [7, 11) is 0. The zero-order valence-corrected chi connectivity index (χ0v) is 18.1. The van der Waals surface area contributed by atoms with E-state index in [1.807, 2.05) is 24.3 Å². The minimum absolute atomic E-state index is 0.178. The number of carbonyl (C=O) groups excluding carboxylic acids is 2. The van der Waals surface area contributed by atoms with E-state index in [4.69, 9.17) is 4.98 Å². The zero-order valence-electron chi connectivity index (χ0n) is 16.5. The van der Waals surface area contributed by atoms with E-state index in [0.717, 1.165) is 21.3 Å². The van der Waals surface area contributed by atoms with Crippen molar-refractivity contribution in [2.24, 2.45) is 0 Å². The molecule has 1 fully saturated rings. The van der Waals surface area contributed by atoms with Crippen LogP contribution in [-0.4, -0.2) is 26.5 Å². The number of rotatable bonds is 5. The van der Waals surface area contributed by atoms with Crippen molar-refractivity contribution < 1.29 is 9.59 Å². The molecule has 1 aliphatic heterocycles. The summed E-state index contributed by atoms with van der Waals surface area (Å²) < 4.78 is 1.78. The fraction of sp³-hybridized carbons (Fsp3) is 0.0909. The number of hydrogen-bond donors (Lipinski definition) is 2. The summed E-state index contributed by atoms with van der Waals surface area (Å²) in [5, 5.41) is 10.2. The Morgan fingerprint density at radius 1 is 1.13 bits per heavy atom. The number of thiophene rings is 1. The second kappa shape index (κ2) is 8.01. The predicted molar refractivity (Wildman–Crippen MR) is 122 cm³/mol. The van der Waals surface area contributed by atoms with Gasteiger partial charge in [0.25, 0.3) is 5.91 Å². The fourth-order valence-corrected chi connectivity index (χ4v) is 5.01. The van der Waals surface area contributed by atoms with E-state index in [-0.39, 0.29) is 5.70 Å². The molecule has 9 heteroatoms. The van der Waals surface area contributed by atoms with Gasteiger partial charge in [0, 0.05) is 16.2 Å². The average molecular weight is 448 g/mol. The number of imide groups is 1. The smallest absolute Gasteiger partial charge is 0.303 e. The minimum Gasteiger partial charge on any atom is -0.303 e. The van der Waals surface area contributed by atoms with Gasteiger partial charge >= 0.3 is 6.03 Å². The molecule has 0 unspecified atom stereocenters. The molecule has 0 bridgehead atoms. The molecule has 0 saturated carbocycles. The number of amides is 3. The Kier molecular flexibility index (Phi) is 5.05. The lowest BCUT2D eigenvalue weighted by atomic mass is 10.2. The van der Waals surface area contributed by atoms with Crippen molar-refractivity contribution in [3.05, 3.63) is 76.4 Å². The van der Waals surface area contributed by atoms with Gasteiger partial charge in [0.2, 0.25) is 0 Å². The largest absolute Gasteiger partial charge is 0.326 e. The van der Waals surface area contributed by atoms with Gasteiger partial charge in [-0.2, -0.15) is 5.10 Å². The van der Waals surface area contributed by atoms with Gasteiger partial charge in [-0.3, -0.25) is 10.1 Å². The first kappa shape index (κ1) is 19.5. The lowest BCUT2D eigenvalue weighted by Gasteiger charge is -2.08. The normalized spacial score (nSPS) is 14.9. The number of hydrogen-bond acceptors (Lipinski definition) is 6. The standard InChI is InChI=1S/C22H17N5O2S2/c1-13-7-8-18(31-13)16-10-19(30-12-14-5-3-2-4-6-14)27-20(24-16)15(11-23-27)9-17-21(28)26-22(29)25-17/h2-11H,12H2,1H3,(H2,25,26,28,29). The maximum atomic E-state index is 12.0. The number of carbonyl (C=O) groups is 2. The highest BCUT2D eigenvalue weighted by molar-refractivity contribution is 7.98. The van der Waals surface area contributed by atoms with Gasteiger partial charge < -0.3 is 5.32 Å². The molecule has 5 rings (SSSR count). The van der Waals surface area contributed by atoms with Crippen LogP contribution >= 0.6 is 23.1 Å². The third-order valence-corrected chi connectivity index (χ3v) is 6.80. The van der Waals surface area contributed by atoms with Crippen molar-refractivity contribution in [1.82, 2.24) is 25.2 Å². The molecule has 0 atom stereocenters. The molecule has 1 aromatic carbocycles. The van der Waals surface area contributed by atoms with Crippen LogP contribution < -0.4 is 10.6 Å². The van der Waals surface area contributed by atoms with Gasteiger partial charge in [-0.05, 0) is 36.8 Å². The Morgan fingerprint density at radius 3 is 2.68 bits per heavy atom. The van der Waals surface area contributed by atoms with Crippen molar-refractivity contribution in [3.8, 4) is 10.6 Å². The lowest BCUT2D eigenvalue weighted by molar-refractivity contribution is -0.115. The zero-order chi connectivity index (χ0) is 21.4. The number of nitrogens with one attached hydrogen (secondary N) is 2. The van der Waals surface area contributed by atoms with Crippen LogP contribution in [0.15, 0.2) is 65.5 Å². The fourth-order valence-electron chi connectivity index (χ4n) is 3.22. The van der Waals surface area contributed by atoms with E-state index >= 15 is 0 Å². The maximum absolute atomic E-state index is 12.0. The number of urea groups is 1. The van der Waals surface area contributed by atoms with Crippen LogP contribution in [0.3, 0.4) is 0 Å². The Balaban J connectivity index is 1.59. The van der Waals surface area contributed by atoms with E-state index in [9.17, 15) is 9.59 Å². The molecule has 3 aromatic heterocycles. The maximum Gasteiger partial charge on any atom is 0.326 e. The second-order valence-electron chi connectivity index (χ2n) is 6.97. The molecule has 3 amide bonds. The van der Waals surface area contributed by atoms with E-state index in [1.165, 1.54) is 10.4 Å². The number of nitrogens with zero attached hydrogens (tertiary/aromatic N) is 3. The third kappa shape index (κ3) is 3.97. The summed E-state index contributed by atoms with van der Waals surface area (Å²) in [5.74, 6) is 0.325. The van der Waals surface area contributed by atoms with Crippen molar-refractivity contribution in [2.75, 3.05) is 0 Å². The highest BCUT2D eigenvalue weighted by Gasteiger charge is 2.24. The summed E-state index contributed by atoms with van der Waals surface area (Å²) in [4.78, 5) is 30.5. The van der Waals surface area contributed by atoms with Gasteiger partial charge in [-0.15, -0.1) is 23.1 Å². The van der Waals surface area contributed by atoms with Crippen LogP contribution in [0, 0.1) is 6.92 Å². The van der Waals surface area contributed by atoms with E-state index < -0.39 is 11.9 Å². The molecular formula is C22H17N5O2S2. The van der Waals surface area contributed by atoms with E-state index in [1.54, 1.807) is 39.9 Å².